The number of aryl methyl sites for hydroxylation is 1. The summed E-state index contributed by atoms with van der Waals surface area (Å²) in [6, 6.07) is 5.92. The molecule has 0 spiro atoms. The maximum absolute atomic E-state index is 12.2. The van der Waals surface area contributed by atoms with Crippen molar-refractivity contribution in [1.82, 2.24) is 5.32 Å². The lowest BCUT2D eigenvalue weighted by molar-refractivity contribution is -0.0679. The van der Waals surface area contributed by atoms with Gasteiger partial charge in [-0.15, -0.1) is 0 Å². The lowest BCUT2D eigenvalue weighted by Crippen LogP contribution is -2.49. The fourth-order valence-corrected chi connectivity index (χ4v) is 2.98. The van der Waals surface area contributed by atoms with Gasteiger partial charge in [-0.2, -0.15) is 0 Å². The molecule has 1 amide bonds. The van der Waals surface area contributed by atoms with E-state index in [4.69, 9.17) is 4.74 Å². The standard InChI is InChI=1S/C16H22N2O2/c1-20-16(7-3-8-16)11-18-15(19)13-5-6-14-12(10-13)4-2-9-17-14/h5-6,10,17H,2-4,7-9,11H2,1H3,(H,18,19). The molecule has 1 aliphatic carbocycles. The van der Waals surface area contributed by atoms with Gasteiger partial charge in [-0.25, -0.2) is 0 Å². The number of amides is 1. The van der Waals surface area contributed by atoms with Crippen molar-refractivity contribution in [2.24, 2.45) is 0 Å². The van der Waals surface area contributed by atoms with Crippen molar-refractivity contribution in [3.63, 3.8) is 0 Å². The Bertz CT molecular complexity index is 504. The molecule has 0 aromatic heterocycles. The number of fused-ring (bicyclic) bond motifs is 1. The smallest absolute Gasteiger partial charge is 0.251 e. The fourth-order valence-electron chi connectivity index (χ4n) is 2.98. The molecular weight excluding hydrogens is 252 g/mol. The maximum atomic E-state index is 12.2. The van der Waals surface area contributed by atoms with Crippen LogP contribution in [0.3, 0.4) is 0 Å². The predicted molar refractivity (Wildman–Crippen MR) is 79.2 cm³/mol. The van der Waals surface area contributed by atoms with Gasteiger partial charge in [0.1, 0.15) is 0 Å². The van der Waals surface area contributed by atoms with Gasteiger partial charge >= 0.3 is 0 Å². The molecule has 3 rings (SSSR count). The molecule has 1 aliphatic heterocycles. The number of methoxy groups -OCH3 is 1. The van der Waals surface area contributed by atoms with E-state index in [2.05, 4.69) is 10.6 Å². The number of hydrogen-bond acceptors (Lipinski definition) is 3. The molecule has 0 unspecified atom stereocenters. The molecule has 2 N–H and O–H groups in total. The van der Waals surface area contributed by atoms with Crippen molar-refractivity contribution in [2.75, 3.05) is 25.5 Å². The van der Waals surface area contributed by atoms with E-state index in [1.54, 1.807) is 7.11 Å². The first-order valence-corrected chi connectivity index (χ1v) is 7.43. The van der Waals surface area contributed by atoms with Crippen molar-refractivity contribution < 1.29 is 9.53 Å². The second-order valence-corrected chi connectivity index (χ2v) is 5.83. The zero-order valence-electron chi connectivity index (χ0n) is 12.0. The SMILES string of the molecule is COC1(CNC(=O)c2ccc3c(c2)CCCN3)CCC1. The number of carbonyl (C=O) groups excluding carboxylic acids is 1. The minimum Gasteiger partial charge on any atom is -0.385 e. The lowest BCUT2D eigenvalue weighted by atomic mass is 9.80. The van der Waals surface area contributed by atoms with Crippen LogP contribution in [0.5, 0.6) is 0 Å². The van der Waals surface area contributed by atoms with Gasteiger partial charge in [0.2, 0.25) is 0 Å². The molecule has 0 radical (unpaired) electrons. The summed E-state index contributed by atoms with van der Waals surface area (Å²) in [6.07, 6.45) is 5.44. The Balaban J connectivity index is 1.65. The van der Waals surface area contributed by atoms with Crippen LogP contribution in [0.4, 0.5) is 5.69 Å². The van der Waals surface area contributed by atoms with Gasteiger partial charge in [-0.1, -0.05) is 0 Å². The normalized spacial score (nSPS) is 19.4. The summed E-state index contributed by atoms with van der Waals surface area (Å²) >= 11 is 0. The van der Waals surface area contributed by atoms with E-state index in [0.29, 0.717) is 6.54 Å². The molecule has 1 aromatic carbocycles. The van der Waals surface area contributed by atoms with Crippen LogP contribution in [-0.2, 0) is 11.2 Å². The van der Waals surface area contributed by atoms with Crippen LogP contribution in [0.15, 0.2) is 18.2 Å². The quantitative estimate of drug-likeness (QED) is 0.886. The lowest BCUT2D eigenvalue weighted by Gasteiger charge is -2.40. The minimum atomic E-state index is -0.120. The summed E-state index contributed by atoms with van der Waals surface area (Å²) in [5.41, 5.74) is 3.04. The first kappa shape index (κ1) is 13.4. The van der Waals surface area contributed by atoms with Gasteiger partial charge in [0.25, 0.3) is 5.91 Å². The molecule has 4 nitrogen and oxygen atoms in total. The van der Waals surface area contributed by atoms with Crippen molar-refractivity contribution in [3.05, 3.63) is 29.3 Å². The van der Waals surface area contributed by atoms with E-state index in [-0.39, 0.29) is 11.5 Å². The molecule has 0 saturated heterocycles. The predicted octanol–water partition coefficient (Wildman–Crippen LogP) is 2.34. The second-order valence-electron chi connectivity index (χ2n) is 5.83. The molecule has 1 aromatic rings. The molecule has 1 saturated carbocycles. The molecule has 0 atom stereocenters. The molecule has 4 heteroatoms. The van der Waals surface area contributed by atoms with Gasteiger partial charge < -0.3 is 15.4 Å². The summed E-state index contributed by atoms with van der Waals surface area (Å²) < 4.78 is 5.53. The van der Waals surface area contributed by atoms with Crippen LogP contribution in [-0.4, -0.2) is 31.7 Å². The number of hydrogen-bond donors (Lipinski definition) is 2. The van der Waals surface area contributed by atoms with E-state index in [9.17, 15) is 4.79 Å². The highest BCUT2D eigenvalue weighted by Crippen LogP contribution is 2.34. The summed E-state index contributed by atoms with van der Waals surface area (Å²) in [5.74, 6) is 0.00157. The van der Waals surface area contributed by atoms with Gasteiger partial charge in [0.05, 0.1) is 5.60 Å². The summed E-state index contributed by atoms with van der Waals surface area (Å²) in [4.78, 5) is 12.2. The third kappa shape index (κ3) is 2.52. The van der Waals surface area contributed by atoms with E-state index in [1.807, 2.05) is 18.2 Å². The Kier molecular flexibility index (Phi) is 3.66. The average molecular weight is 274 g/mol. The molecule has 2 aliphatic rings. The van der Waals surface area contributed by atoms with Crippen LogP contribution in [0.1, 0.15) is 41.6 Å². The van der Waals surface area contributed by atoms with E-state index in [1.165, 1.54) is 17.7 Å². The third-order valence-electron chi connectivity index (χ3n) is 4.57. The second kappa shape index (κ2) is 5.44. The molecular formula is C16H22N2O2. The van der Waals surface area contributed by atoms with Crippen molar-refractivity contribution in [3.8, 4) is 0 Å². The summed E-state index contributed by atoms with van der Waals surface area (Å²) in [6.45, 7) is 1.63. The van der Waals surface area contributed by atoms with Crippen LogP contribution in [0, 0.1) is 0 Å². The fraction of sp³-hybridized carbons (Fsp3) is 0.562. The van der Waals surface area contributed by atoms with Crippen molar-refractivity contribution >= 4 is 11.6 Å². The summed E-state index contributed by atoms with van der Waals surface area (Å²) in [7, 11) is 1.73. The number of rotatable bonds is 4. The van der Waals surface area contributed by atoms with E-state index >= 15 is 0 Å². The Hall–Kier alpha value is -1.55. The van der Waals surface area contributed by atoms with Crippen molar-refractivity contribution in [1.29, 1.82) is 0 Å². The van der Waals surface area contributed by atoms with Crippen LogP contribution >= 0.6 is 0 Å². The maximum Gasteiger partial charge on any atom is 0.251 e. The zero-order valence-corrected chi connectivity index (χ0v) is 12.0. The zero-order chi connectivity index (χ0) is 14.0. The molecule has 0 bridgehead atoms. The molecule has 1 fully saturated rings. The average Bonchev–Trinajstić information content (AvgIpc) is 2.46. The Morgan fingerprint density at radius 1 is 1.40 bits per heavy atom. The molecule has 108 valence electrons. The van der Waals surface area contributed by atoms with Crippen LogP contribution < -0.4 is 10.6 Å². The highest BCUT2D eigenvalue weighted by Gasteiger charge is 2.37. The largest absolute Gasteiger partial charge is 0.385 e. The first-order chi connectivity index (χ1) is 9.72. The monoisotopic (exact) mass is 274 g/mol. The summed E-state index contributed by atoms with van der Waals surface area (Å²) in [5, 5.41) is 6.38. The van der Waals surface area contributed by atoms with E-state index < -0.39 is 0 Å². The Morgan fingerprint density at radius 3 is 2.95 bits per heavy atom. The number of benzene rings is 1. The number of ether oxygens (including phenoxy) is 1. The minimum absolute atomic E-state index is 0.00157. The van der Waals surface area contributed by atoms with Gasteiger partial charge in [-0.3, -0.25) is 4.79 Å². The highest BCUT2D eigenvalue weighted by molar-refractivity contribution is 5.95. The van der Waals surface area contributed by atoms with Crippen LogP contribution in [0.25, 0.3) is 0 Å². The number of carbonyl (C=O) groups is 1. The third-order valence-corrected chi connectivity index (χ3v) is 4.57. The van der Waals surface area contributed by atoms with Gasteiger partial charge in [0, 0.05) is 31.5 Å². The topological polar surface area (TPSA) is 50.4 Å². The Morgan fingerprint density at radius 2 is 2.25 bits per heavy atom. The van der Waals surface area contributed by atoms with Crippen LogP contribution in [0.2, 0.25) is 0 Å². The first-order valence-electron chi connectivity index (χ1n) is 7.43. The van der Waals surface area contributed by atoms with Gasteiger partial charge in [0.15, 0.2) is 0 Å². The number of nitrogens with one attached hydrogen (secondary N) is 2. The van der Waals surface area contributed by atoms with Crippen molar-refractivity contribution in [2.45, 2.75) is 37.7 Å². The Labute approximate surface area is 119 Å². The van der Waals surface area contributed by atoms with E-state index in [0.717, 1.165) is 37.8 Å². The highest BCUT2D eigenvalue weighted by atomic mass is 16.5. The molecule has 1 heterocycles. The number of anilines is 1. The molecule has 20 heavy (non-hydrogen) atoms. The van der Waals surface area contributed by atoms with Gasteiger partial charge in [-0.05, 0) is 55.9 Å².